The van der Waals surface area contributed by atoms with Crippen molar-refractivity contribution in [1.29, 1.82) is 0 Å². The molecule has 0 aliphatic rings. The van der Waals surface area contributed by atoms with Crippen molar-refractivity contribution in [2.75, 3.05) is 13.1 Å². The van der Waals surface area contributed by atoms with E-state index in [2.05, 4.69) is 35.4 Å². The summed E-state index contributed by atoms with van der Waals surface area (Å²) in [5.41, 5.74) is 10.9. The molecule has 0 radical (unpaired) electrons. The van der Waals surface area contributed by atoms with Gasteiger partial charge in [-0.2, -0.15) is 10.2 Å². The first-order valence-electron chi connectivity index (χ1n) is 11.2. The molecule has 0 saturated heterocycles. The average Bonchev–Trinajstić information content (AvgIpc) is 3.34. The highest BCUT2D eigenvalue weighted by atomic mass is 16.5. The second-order valence-corrected chi connectivity index (χ2v) is 7.46. The summed E-state index contributed by atoms with van der Waals surface area (Å²) >= 11 is 0. The van der Waals surface area contributed by atoms with Crippen LogP contribution in [0.2, 0.25) is 0 Å². The fourth-order valence-corrected chi connectivity index (χ4v) is 3.36. The van der Waals surface area contributed by atoms with Gasteiger partial charge in [-0.15, -0.1) is 0 Å². The second-order valence-electron chi connectivity index (χ2n) is 7.46. The molecule has 174 valence electrons. The lowest BCUT2D eigenvalue weighted by Gasteiger charge is -2.08. The van der Waals surface area contributed by atoms with Crippen LogP contribution in [0, 0.1) is 13.8 Å². The van der Waals surface area contributed by atoms with E-state index in [0.29, 0.717) is 19.7 Å². The van der Waals surface area contributed by atoms with Crippen LogP contribution in [0.5, 0.6) is 0 Å². The normalized spacial score (nSPS) is 10.4. The van der Waals surface area contributed by atoms with E-state index in [0.717, 1.165) is 48.6 Å². The van der Waals surface area contributed by atoms with Gasteiger partial charge in [0.15, 0.2) is 0 Å². The van der Waals surface area contributed by atoms with Crippen LogP contribution in [0.25, 0.3) is 0 Å². The molecular formula is C24H36N6O2. The largest absolute Gasteiger partial charge is 0.445 e. The predicted octanol–water partition coefficient (Wildman–Crippen LogP) is 3.39. The molecule has 2 heterocycles. The van der Waals surface area contributed by atoms with Crippen LogP contribution in [0.4, 0.5) is 4.79 Å². The Hall–Kier alpha value is -3.13. The van der Waals surface area contributed by atoms with Gasteiger partial charge in [0.2, 0.25) is 0 Å². The zero-order chi connectivity index (χ0) is 23.3. The summed E-state index contributed by atoms with van der Waals surface area (Å²) in [5, 5.41) is 11.4. The van der Waals surface area contributed by atoms with Gasteiger partial charge < -0.3 is 15.8 Å². The Morgan fingerprint density at radius 2 is 1.53 bits per heavy atom. The van der Waals surface area contributed by atoms with E-state index in [9.17, 15) is 4.79 Å². The van der Waals surface area contributed by atoms with E-state index in [1.54, 1.807) is 0 Å². The van der Waals surface area contributed by atoms with Crippen molar-refractivity contribution in [3.05, 3.63) is 70.8 Å². The summed E-state index contributed by atoms with van der Waals surface area (Å²) in [6.07, 6.45) is 1.28. The first-order chi connectivity index (χ1) is 15.5. The third-order valence-electron chi connectivity index (χ3n) is 4.83. The SMILES string of the molecule is CCn1nc(C)cc1CCN.CCn1nc(C)cc1CCNC(=O)OCc1ccccc1. The van der Waals surface area contributed by atoms with Gasteiger partial charge in [0.25, 0.3) is 0 Å². The van der Waals surface area contributed by atoms with Gasteiger partial charge in [-0.25, -0.2) is 4.79 Å². The maximum absolute atomic E-state index is 11.6. The minimum atomic E-state index is -0.391. The number of carbonyl (C=O) groups is 1. The maximum atomic E-state index is 11.6. The Morgan fingerprint density at radius 3 is 2.06 bits per heavy atom. The highest BCUT2D eigenvalue weighted by Gasteiger charge is 2.06. The minimum Gasteiger partial charge on any atom is -0.445 e. The molecule has 0 atom stereocenters. The molecule has 8 heteroatoms. The van der Waals surface area contributed by atoms with Crippen LogP contribution < -0.4 is 11.1 Å². The molecule has 2 aromatic heterocycles. The van der Waals surface area contributed by atoms with Crippen LogP contribution >= 0.6 is 0 Å². The lowest BCUT2D eigenvalue weighted by atomic mass is 10.2. The zero-order valence-corrected chi connectivity index (χ0v) is 19.7. The molecule has 3 aromatic rings. The lowest BCUT2D eigenvalue weighted by Crippen LogP contribution is -2.27. The molecule has 1 aromatic carbocycles. The topological polar surface area (TPSA) is 100.0 Å². The number of aromatic nitrogens is 4. The lowest BCUT2D eigenvalue weighted by molar-refractivity contribution is 0.139. The van der Waals surface area contributed by atoms with Crippen molar-refractivity contribution in [2.24, 2.45) is 5.73 Å². The number of ether oxygens (including phenoxy) is 1. The molecule has 0 saturated carbocycles. The number of amides is 1. The Morgan fingerprint density at radius 1 is 0.969 bits per heavy atom. The fourth-order valence-electron chi connectivity index (χ4n) is 3.36. The van der Waals surface area contributed by atoms with Gasteiger partial charge in [0.1, 0.15) is 6.61 Å². The molecule has 3 rings (SSSR count). The van der Waals surface area contributed by atoms with Crippen molar-refractivity contribution >= 4 is 6.09 Å². The minimum absolute atomic E-state index is 0.290. The van der Waals surface area contributed by atoms with Gasteiger partial charge in [-0.3, -0.25) is 9.36 Å². The molecule has 3 N–H and O–H groups in total. The van der Waals surface area contributed by atoms with E-state index in [1.165, 1.54) is 5.69 Å². The molecule has 8 nitrogen and oxygen atoms in total. The van der Waals surface area contributed by atoms with Gasteiger partial charge in [0, 0.05) is 43.9 Å². The van der Waals surface area contributed by atoms with E-state index in [4.69, 9.17) is 10.5 Å². The van der Waals surface area contributed by atoms with E-state index in [-0.39, 0.29) is 0 Å². The highest BCUT2D eigenvalue weighted by molar-refractivity contribution is 5.67. The van der Waals surface area contributed by atoms with Crippen molar-refractivity contribution in [3.63, 3.8) is 0 Å². The van der Waals surface area contributed by atoms with Gasteiger partial charge in [0.05, 0.1) is 11.4 Å². The molecule has 0 aliphatic carbocycles. The van der Waals surface area contributed by atoms with Gasteiger partial charge in [-0.1, -0.05) is 30.3 Å². The number of hydrogen-bond donors (Lipinski definition) is 2. The van der Waals surface area contributed by atoms with E-state index in [1.807, 2.05) is 59.6 Å². The molecule has 0 fully saturated rings. The average molecular weight is 441 g/mol. The van der Waals surface area contributed by atoms with Crippen molar-refractivity contribution in [2.45, 2.75) is 60.2 Å². The molecule has 0 spiro atoms. The van der Waals surface area contributed by atoms with Crippen molar-refractivity contribution in [1.82, 2.24) is 24.9 Å². The quantitative estimate of drug-likeness (QED) is 0.531. The van der Waals surface area contributed by atoms with Crippen LogP contribution in [0.15, 0.2) is 42.5 Å². The Bertz CT molecular complexity index is 949. The number of hydrogen-bond acceptors (Lipinski definition) is 5. The maximum Gasteiger partial charge on any atom is 0.407 e. The number of aryl methyl sites for hydroxylation is 4. The summed E-state index contributed by atoms with van der Waals surface area (Å²) < 4.78 is 9.11. The predicted molar refractivity (Wildman–Crippen MR) is 126 cm³/mol. The molecular weight excluding hydrogens is 404 g/mol. The number of rotatable bonds is 9. The number of carbonyl (C=O) groups excluding carboxylic acids is 1. The highest BCUT2D eigenvalue weighted by Crippen LogP contribution is 2.05. The summed E-state index contributed by atoms with van der Waals surface area (Å²) in [4.78, 5) is 11.6. The van der Waals surface area contributed by atoms with Crippen LogP contribution in [-0.4, -0.2) is 38.7 Å². The third-order valence-corrected chi connectivity index (χ3v) is 4.83. The van der Waals surface area contributed by atoms with Crippen LogP contribution in [-0.2, 0) is 37.3 Å². The standard InChI is InChI=1S/C16H21N3O2.C8H15N3/c1-3-19-15(11-13(2)18-19)9-10-17-16(20)21-12-14-7-5-4-6-8-14;1-3-11-8(4-5-9)6-7(2)10-11/h4-8,11H,3,9-10,12H2,1-2H3,(H,17,20);6H,3-5,9H2,1-2H3. The molecule has 32 heavy (non-hydrogen) atoms. The number of nitrogens with two attached hydrogens (primary N) is 1. The van der Waals surface area contributed by atoms with Crippen molar-refractivity contribution < 1.29 is 9.53 Å². The monoisotopic (exact) mass is 440 g/mol. The van der Waals surface area contributed by atoms with Crippen LogP contribution in [0.3, 0.4) is 0 Å². The summed E-state index contributed by atoms with van der Waals surface area (Å²) in [5.74, 6) is 0. The number of nitrogens with zero attached hydrogens (tertiary/aromatic N) is 4. The number of benzene rings is 1. The Kier molecular flexibility index (Phi) is 10.5. The first-order valence-corrected chi connectivity index (χ1v) is 11.2. The smallest absolute Gasteiger partial charge is 0.407 e. The summed E-state index contributed by atoms with van der Waals surface area (Å²) in [6, 6.07) is 13.8. The zero-order valence-electron chi connectivity index (χ0n) is 19.7. The third kappa shape index (κ3) is 8.19. The summed E-state index contributed by atoms with van der Waals surface area (Å²) in [6.45, 7) is 11.4. The fraction of sp³-hybridized carbons (Fsp3) is 0.458. The van der Waals surface area contributed by atoms with Crippen LogP contribution in [0.1, 0.15) is 42.2 Å². The number of alkyl carbamates (subject to hydrolysis) is 1. The van der Waals surface area contributed by atoms with E-state index < -0.39 is 6.09 Å². The molecule has 0 unspecified atom stereocenters. The Labute approximate surface area is 190 Å². The molecule has 0 bridgehead atoms. The first kappa shape index (κ1) is 25.1. The van der Waals surface area contributed by atoms with Crippen molar-refractivity contribution in [3.8, 4) is 0 Å². The molecule has 0 aliphatic heterocycles. The van der Waals surface area contributed by atoms with Gasteiger partial charge in [-0.05, 0) is 51.9 Å². The number of nitrogens with one attached hydrogen (secondary N) is 1. The van der Waals surface area contributed by atoms with Gasteiger partial charge >= 0.3 is 6.09 Å². The summed E-state index contributed by atoms with van der Waals surface area (Å²) in [7, 11) is 0. The molecule has 1 amide bonds. The second kappa shape index (κ2) is 13.3. The Balaban J connectivity index is 0.000000278. The van der Waals surface area contributed by atoms with E-state index >= 15 is 0 Å².